The number of rotatable bonds is 6. The van der Waals surface area contributed by atoms with Crippen molar-refractivity contribution in [3.8, 4) is 5.75 Å². The Morgan fingerprint density at radius 2 is 1.76 bits per heavy atom. The molecule has 3 aromatic carbocycles. The lowest BCUT2D eigenvalue weighted by Gasteiger charge is -2.12. The van der Waals surface area contributed by atoms with E-state index in [9.17, 15) is 24.5 Å². The molecule has 0 saturated carbocycles. The van der Waals surface area contributed by atoms with Gasteiger partial charge in [0.15, 0.2) is 0 Å². The van der Waals surface area contributed by atoms with E-state index in [4.69, 9.17) is 4.74 Å². The van der Waals surface area contributed by atoms with Crippen LogP contribution in [0.15, 0.2) is 77.7 Å². The van der Waals surface area contributed by atoms with Gasteiger partial charge in [-0.15, -0.1) is 0 Å². The molecule has 3 aromatic rings. The van der Waals surface area contributed by atoms with Crippen LogP contribution in [0.5, 0.6) is 5.75 Å². The number of amides is 2. The zero-order valence-electron chi connectivity index (χ0n) is 18.0. The van der Waals surface area contributed by atoms with Crippen molar-refractivity contribution in [3.63, 3.8) is 0 Å². The van der Waals surface area contributed by atoms with E-state index in [0.29, 0.717) is 10.5 Å². The van der Waals surface area contributed by atoms with Crippen LogP contribution in [0.3, 0.4) is 0 Å². The van der Waals surface area contributed by atoms with Crippen molar-refractivity contribution < 1.29 is 24.0 Å². The molecular formula is C25H18N2O6S. The van der Waals surface area contributed by atoms with E-state index in [1.165, 1.54) is 35.2 Å². The second kappa shape index (κ2) is 9.72. The number of thioether (sulfide) groups is 1. The maximum atomic E-state index is 12.7. The highest BCUT2D eigenvalue weighted by molar-refractivity contribution is 8.18. The van der Waals surface area contributed by atoms with Gasteiger partial charge in [-0.2, -0.15) is 0 Å². The van der Waals surface area contributed by atoms with Crippen LogP contribution in [0.25, 0.3) is 6.08 Å². The summed E-state index contributed by atoms with van der Waals surface area (Å²) in [6, 6.07) is 19.3. The van der Waals surface area contributed by atoms with Crippen LogP contribution in [-0.2, 0) is 11.3 Å². The SMILES string of the molecule is Cc1ccc(CN2C(=O)S/C(=C\c3ccc(OC(=O)c4cccc([N+](=O)[O-])c4)cc3)C2=O)cc1. The van der Waals surface area contributed by atoms with E-state index in [0.717, 1.165) is 29.0 Å². The Morgan fingerprint density at radius 1 is 1.06 bits per heavy atom. The first kappa shape index (κ1) is 22.9. The summed E-state index contributed by atoms with van der Waals surface area (Å²) >= 11 is 0.873. The fourth-order valence-corrected chi connectivity index (χ4v) is 4.05. The van der Waals surface area contributed by atoms with Gasteiger partial charge in [-0.3, -0.25) is 24.6 Å². The molecule has 0 aromatic heterocycles. The summed E-state index contributed by atoms with van der Waals surface area (Å²) in [7, 11) is 0. The summed E-state index contributed by atoms with van der Waals surface area (Å²) < 4.78 is 5.27. The van der Waals surface area contributed by atoms with Gasteiger partial charge in [0.2, 0.25) is 0 Å². The second-order valence-corrected chi connectivity index (χ2v) is 8.51. The molecule has 170 valence electrons. The Morgan fingerprint density at radius 3 is 2.44 bits per heavy atom. The van der Waals surface area contributed by atoms with Crippen LogP contribution in [0, 0.1) is 17.0 Å². The molecule has 1 heterocycles. The van der Waals surface area contributed by atoms with Crippen molar-refractivity contribution in [2.24, 2.45) is 0 Å². The Kier molecular flexibility index (Phi) is 6.55. The molecular weight excluding hydrogens is 456 g/mol. The molecule has 8 nitrogen and oxygen atoms in total. The predicted octanol–water partition coefficient (Wildman–Crippen LogP) is 5.36. The number of nitro groups is 1. The van der Waals surface area contributed by atoms with Gasteiger partial charge >= 0.3 is 5.97 Å². The number of esters is 1. The molecule has 0 radical (unpaired) electrons. The molecule has 1 saturated heterocycles. The summed E-state index contributed by atoms with van der Waals surface area (Å²) in [5.41, 5.74) is 2.46. The summed E-state index contributed by atoms with van der Waals surface area (Å²) in [6.45, 7) is 2.17. The molecule has 0 aliphatic carbocycles. The molecule has 0 N–H and O–H groups in total. The molecule has 1 fully saturated rings. The number of hydrogen-bond donors (Lipinski definition) is 0. The summed E-state index contributed by atoms with van der Waals surface area (Å²) in [5, 5.41) is 10.5. The highest BCUT2D eigenvalue weighted by Gasteiger charge is 2.34. The quantitative estimate of drug-likeness (QED) is 0.156. The lowest BCUT2D eigenvalue weighted by atomic mass is 10.1. The van der Waals surface area contributed by atoms with Gasteiger partial charge in [-0.05, 0) is 54.1 Å². The van der Waals surface area contributed by atoms with Crippen LogP contribution in [-0.4, -0.2) is 26.9 Å². The van der Waals surface area contributed by atoms with Gasteiger partial charge in [0.1, 0.15) is 5.75 Å². The molecule has 9 heteroatoms. The smallest absolute Gasteiger partial charge is 0.343 e. The Bertz CT molecular complexity index is 1320. The molecule has 2 amide bonds. The van der Waals surface area contributed by atoms with Gasteiger partial charge in [0.05, 0.1) is 21.9 Å². The van der Waals surface area contributed by atoms with Gasteiger partial charge in [-0.1, -0.05) is 48.0 Å². The van der Waals surface area contributed by atoms with Gasteiger partial charge < -0.3 is 4.74 Å². The first-order chi connectivity index (χ1) is 16.3. The minimum atomic E-state index is -0.728. The zero-order chi connectivity index (χ0) is 24.2. The van der Waals surface area contributed by atoms with Crippen LogP contribution < -0.4 is 4.74 Å². The van der Waals surface area contributed by atoms with Crippen molar-refractivity contribution in [3.05, 3.63) is 110 Å². The number of hydrogen-bond acceptors (Lipinski definition) is 7. The van der Waals surface area contributed by atoms with E-state index in [1.807, 2.05) is 31.2 Å². The van der Waals surface area contributed by atoms with Crippen LogP contribution in [0.1, 0.15) is 27.0 Å². The first-order valence-electron chi connectivity index (χ1n) is 10.2. The molecule has 0 unspecified atom stereocenters. The third-order valence-electron chi connectivity index (χ3n) is 5.02. The first-order valence-corrected chi connectivity index (χ1v) is 11.0. The largest absolute Gasteiger partial charge is 0.423 e. The maximum Gasteiger partial charge on any atom is 0.343 e. The highest BCUT2D eigenvalue weighted by Crippen LogP contribution is 2.33. The molecule has 1 aliphatic heterocycles. The molecule has 34 heavy (non-hydrogen) atoms. The summed E-state index contributed by atoms with van der Waals surface area (Å²) in [5.74, 6) is -0.855. The predicted molar refractivity (Wildman–Crippen MR) is 127 cm³/mol. The number of benzene rings is 3. The Hall–Kier alpha value is -4.24. The van der Waals surface area contributed by atoms with Crippen LogP contribution in [0.2, 0.25) is 0 Å². The average Bonchev–Trinajstić information content (AvgIpc) is 3.09. The minimum absolute atomic E-state index is 0.0560. The summed E-state index contributed by atoms with van der Waals surface area (Å²) in [6.07, 6.45) is 1.60. The number of carbonyl (C=O) groups excluding carboxylic acids is 3. The van der Waals surface area contributed by atoms with E-state index >= 15 is 0 Å². The number of imide groups is 1. The van der Waals surface area contributed by atoms with E-state index in [2.05, 4.69) is 0 Å². The lowest BCUT2D eigenvalue weighted by Crippen LogP contribution is -2.27. The highest BCUT2D eigenvalue weighted by atomic mass is 32.2. The number of ether oxygens (including phenoxy) is 1. The topological polar surface area (TPSA) is 107 Å². The Balaban J connectivity index is 1.43. The fourth-order valence-electron chi connectivity index (χ4n) is 3.21. The van der Waals surface area contributed by atoms with Crippen molar-refractivity contribution in [1.29, 1.82) is 0 Å². The zero-order valence-corrected chi connectivity index (χ0v) is 18.8. The van der Waals surface area contributed by atoms with E-state index in [-0.39, 0.29) is 34.7 Å². The second-order valence-electron chi connectivity index (χ2n) is 7.52. The number of carbonyl (C=O) groups is 3. The van der Waals surface area contributed by atoms with Crippen molar-refractivity contribution in [1.82, 2.24) is 4.90 Å². The van der Waals surface area contributed by atoms with E-state index in [1.54, 1.807) is 18.2 Å². The standard InChI is InChI=1S/C25H18N2O6S/c1-16-5-7-18(8-6-16)15-26-23(28)22(34-25(26)30)13-17-9-11-21(12-10-17)33-24(29)19-3-2-4-20(14-19)27(31)32/h2-14H,15H2,1H3/b22-13-. The third kappa shape index (κ3) is 5.21. The molecule has 4 rings (SSSR count). The van der Waals surface area contributed by atoms with Crippen LogP contribution in [0.4, 0.5) is 10.5 Å². The third-order valence-corrected chi connectivity index (χ3v) is 5.92. The fraction of sp³-hybridized carbons (Fsp3) is 0.0800. The number of aryl methyl sites for hydroxylation is 1. The van der Waals surface area contributed by atoms with Crippen LogP contribution >= 0.6 is 11.8 Å². The molecule has 0 bridgehead atoms. The normalized spacial score (nSPS) is 14.5. The average molecular weight is 474 g/mol. The van der Waals surface area contributed by atoms with Crippen molar-refractivity contribution in [2.45, 2.75) is 13.5 Å². The molecule has 1 aliphatic rings. The monoisotopic (exact) mass is 474 g/mol. The van der Waals surface area contributed by atoms with Crippen molar-refractivity contribution in [2.75, 3.05) is 0 Å². The lowest BCUT2D eigenvalue weighted by molar-refractivity contribution is -0.384. The molecule has 0 atom stereocenters. The van der Waals surface area contributed by atoms with Gasteiger partial charge in [0.25, 0.3) is 16.8 Å². The number of non-ortho nitro benzene ring substituents is 1. The Labute approximate surface area is 199 Å². The number of nitro benzene ring substituents is 1. The van der Waals surface area contributed by atoms with E-state index < -0.39 is 10.9 Å². The minimum Gasteiger partial charge on any atom is -0.423 e. The van der Waals surface area contributed by atoms with Gasteiger partial charge in [0, 0.05) is 12.1 Å². The van der Waals surface area contributed by atoms with Crippen molar-refractivity contribution >= 4 is 40.6 Å². The maximum absolute atomic E-state index is 12.7. The van der Waals surface area contributed by atoms with Gasteiger partial charge in [-0.25, -0.2) is 4.79 Å². The molecule has 0 spiro atoms. The summed E-state index contributed by atoms with van der Waals surface area (Å²) in [4.78, 5) is 49.2. The number of nitrogens with zero attached hydrogens (tertiary/aromatic N) is 2.